The quantitative estimate of drug-likeness (QED) is 0.557. The number of rotatable bonds is 5. The second kappa shape index (κ2) is 10.5. The number of hydrogen-bond donors (Lipinski definition) is 0. The number of alkyl halides is 1. The molecule has 4 heteroatoms. The van der Waals surface area contributed by atoms with Crippen molar-refractivity contribution in [2.75, 3.05) is 32.2 Å². The van der Waals surface area contributed by atoms with E-state index >= 15 is 0 Å². The van der Waals surface area contributed by atoms with Crippen LogP contribution in [0.4, 0.5) is 0 Å². The minimum atomic E-state index is 0.0820. The maximum absolute atomic E-state index is 5.75. The highest BCUT2D eigenvalue weighted by Crippen LogP contribution is 2.25. The molecule has 1 rings (SSSR count). The Kier molecular flexibility index (Phi) is 10.9. The van der Waals surface area contributed by atoms with E-state index in [-0.39, 0.29) is 6.29 Å². The summed E-state index contributed by atoms with van der Waals surface area (Å²) in [6.07, 6.45) is 3.94. The maximum Gasteiger partial charge on any atom is 0.158 e. The molecule has 0 aromatic carbocycles. The lowest BCUT2D eigenvalue weighted by molar-refractivity contribution is -0.131. The van der Waals surface area contributed by atoms with Gasteiger partial charge in [-0.2, -0.15) is 0 Å². The van der Waals surface area contributed by atoms with Crippen LogP contribution in [0.3, 0.4) is 0 Å². The third-order valence-corrected chi connectivity index (χ3v) is 2.62. The molecule has 0 spiro atoms. The lowest BCUT2D eigenvalue weighted by atomic mass is 10.0. The van der Waals surface area contributed by atoms with Crippen LogP contribution in [0.5, 0.6) is 0 Å². The number of hydrogen-bond acceptors (Lipinski definition) is 3. The van der Waals surface area contributed by atoms with E-state index in [1.807, 2.05) is 26.0 Å². The van der Waals surface area contributed by atoms with E-state index < -0.39 is 0 Å². The van der Waals surface area contributed by atoms with Gasteiger partial charge in [0.05, 0.1) is 12.7 Å². The summed E-state index contributed by atoms with van der Waals surface area (Å²) in [6.45, 7) is 5.30. The zero-order chi connectivity index (χ0) is 13.3. The highest BCUT2D eigenvalue weighted by molar-refractivity contribution is 14.1. The normalized spacial score (nSPS) is 24.0. The fourth-order valence-electron chi connectivity index (χ4n) is 1.67. The fraction of sp³-hybridized carbons (Fsp3) is 1.00. The SMILES string of the molecule is CC(C)CC1CCC(OCCI)O1.CN(C)C. The maximum atomic E-state index is 5.75. The summed E-state index contributed by atoms with van der Waals surface area (Å²) in [5.74, 6) is 0.730. The molecule has 1 aliphatic rings. The van der Waals surface area contributed by atoms with Crippen molar-refractivity contribution >= 4 is 22.6 Å². The molecule has 2 atom stereocenters. The van der Waals surface area contributed by atoms with Gasteiger partial charge in [-0.05, 0) is 39.9 Å². The molecule has 0 N–H and O–H groups in total. The van der Waals surface area contributed by atoms with Gasteiger partial charge in [-0.15, -0.1) is 0 Å². The molecule has 104 valence electrons. The smallest absolute Gasteiger partial charge is 0.158 e. The van der Waals surface area contributed by atoms with Gasteiger partial charge in [-0.1, -0.05) is 36.4 Å². The Morgan fingerprint density at radius 1 is 1.29 bits per heavy atom. The first kappa shape index (κ1) is 17.6. The van der Waals surface area contributed by atoms with Crippen molar-refractivity contribution in [3.05, 3.63) is 0 Å². The van der Waals surface area contributed by atoms with Gasteiger partial charge in [0.25, 0.3) is 0 Å². The summed E-state index contributed by atoms with van der Waals surface area (Å²) in [4.78, 5) is 2.00. The van der Waals surface area contributed by atoms with E-state index in [4.69, 9.17) is 9.47 Å². The van der Waals surface area contributed by atoms with Crippen LogP contribution in [0.2, 0.25) is 0 Å². The van der Waals surface area contributed by atoms with Crippen LogP contribution in [0.1, 0.15) is 33.1 Å². The van der Waals surface area contributed by atoms with Crippen molar-refractivity contribution in [2.45, 2.75) is 45.5 Å². The van der Waals surface area contributed by atoms with E-state index in [0.717, 1.165) is 23.4 Å². The van der Waals surface area contributed by atoms with Crippen LogP contribution in [0, 0.1) is 5.92 Å². The first-order chi connectivity index (χ1) is 7.95. The predicted octanol–water partition coefficient (Wildman–Crippen LogP) is 3.17. The van der Waals surface area contributed by atoms with Gasteiger partial charge < -0.3 is 14.4 Å². The van der Waals surface area contributed by atoms with Crippen molar-refractivity contribution in [1.82, 2.24) is 4.90 Å². The third-order valence-electron chi connectivity index (χ3n) is 2.18. The summed E-state index contributed by atoms with van der Waals surface area (Å²) in [5, 5.41) is 0. The molecule has 0 saturated carbocycles. The van der Waals surface area contributed by atoms with E-state index in [1.165, 1.54) is 12.8 Å². The van der Waals surface area contributed by atoms with Crippen molar-refractivity contribution in [1.29, 1.82) is 0 Å². The van der Waals surface area contributed by atoms with Crippen LogP contribution in [-0.4, -0.2) is 49.5 Å². The van der Waals surface area contributed by atoms with Crippen molar-refractivity contribution < 1.29 is 9.47 Å². The van der Waals surface area contributed by atoms with Gasteiger partial charge in [0.15, 0.2) is 6.29 Å². The molecule has 0 bridgehead atoms. The van der Waals surface area contributed by atoms with E-state index in [0.29, 0.717) is 6.10 Å². The molecule has 1 fully saturated rings. The van der Waals surface area contributed by atoms with Gasteiger partial charge in [0.2, 0.25) is 0 Å². The molecule has 1 heterocycles. The first-order valence-corrected chi connectivity index (χ1v) is 7.92. The van der Waals surface area contributed by atoms with E-state index in [1.54, 1.807) is 0 Å². The second-order valence-corrected chi connectivity index (χ2v) is 6.37. The second-order valence-electron chi connectivity index (χ2n) is 5.30. The molecule has 0 aromatic heterocycles. The van der Waals surface area contributed by atoms with Crippen LogP contribution < -0.4 is 0 Å². The summed E-state index contributed by atoms with van der Waals surface area (Å²) in [5.41, 5.74) is 0. The van der Waals surface area contributed by atoms with Gasteiger partial charge in [0, 0.05) is 10.8 Å². The van der Waals surface area contributed by atoms with Gasteiger partial charge in [-0.25, -0.2) is 0 Å². The molecular weight excluding hydrogens is 329 g/mol. The molecule has 1 aliphatic heterocycles. The van der Waals surface area contributed by atoms with Crippen LogP contribution >= 0.6 is 22.6 Å². The number of halogens is 1. The average molecular weight is 357 g/mol. The predicted molar refractivity (Wildman–Crippen MR) is 81.8 cm³/mol. The molecule has 1 saturated heterocycles. The van der Waals surface area contributed by atoms with Crippen molar-refractivity contribution in [2.24, 2.45) is 5.92 Å². The average Bonchev–Trinajstić information content (AvgIpc) is 2.60. The molecule has 0 radical (unpaired) electrons. The molecule has 0 aliphatic carbocycles. The van der Waals surface area contributed by atoms with Crippen LogP contribution in [0.25, 0.3) is 0 Å². The fourth-order valence-corrected chi connectivity index (χ4v) is 1.92. The zero-order valence-electron chi connectivity index (χ0n) is 11.9. The highest BCUT2D eigenvalue weighted by atomic mass is 127. The molecule has 0 amide bonds. The van der Waals surface area contributed by atoms with E-state index in [9.17, 15) is 0 Å². The zero-order valence-corrected chi connectivity index (χ0v) is 14.1. The third kappa shape index (κ3) is 11.4. The number of nitrogens with zero attached hydrogens (tertiary/aromatic N) is 1. The summed E-state index contributed by atoms with van der Waals surface area (Å²) >= 11 is 2.32. The molecule has 17 heavy (non-hydrogen) atoms. The van der Waals surface area contributed by atoms with Crippen molar-refractivity contribution in [3.8, 4) is 0 Å². The summed E-state index contributed by atoms with van der Waals surface area (Å²) in [7, 11) is 6.00. The molecule has 0 aromatic rings. The lowest BCUT2D eigenvalue weighted by Crippen LogP contribution is -2.16. The Bertz CT molecular complexity index is 174. The van der Waals surface area contributed by atoms with Gasteiger partial charge >= 0.3 is 0 Å². The lowest BCUT2D eigenvalue weighted by Gasteiger charge is -2.15. The summed E-state index contributed by atoms with van der Waals surface area (Å²) in [6, 6.07) is 0. The van der Waals surface area contributed by atoms with Crippen LogP contribution in [0.15, 0.2) is 0 Å². The van der Waals surface area contributed by atoms with Crippen LogP contribution in [-0.2, 0) is 9.47 Å². The number of ether oxygens (including phenoxy) is 2. The molecular formula is C13H28INO2. The first-order valence-electron chi connectivity index (χ1n) is 6.39. The van der Waals surface area contributed by atoms with Gasteiger partial charge in [-0.3, -0.25) is 0 Å². The topological polar surface area (TPSA) is 21.7 Å². The Balaban J connectivity index is 0.000000557. The largest absolute Gasteiger partial charge is 0.352 e. The highest BCUT2D eigenvalue weighted by Gasteiger charge is 2.25. The molecule has 2 unspecified atom stereocenters. The Morgan fingerprint density at radius 3 is 2.35 bits per heavy atom. The minimum Gasteiger partial charge on any atom is -0.352 e. The standard InChI is InChI=1S/C10H19IO2.C3H9N/c1-8(2)7-9-3-4-10(13-9)12-6-5-11;1-4(2)3/h8-10H,3-7H2,1-2H3;1-3H3. The van der Waals surface area contributed by atoms with E-state index in [2.05, 4.69) is 36.4 Å². The molecule has 3 nitrogen and oxygen atoms in total. The van der Waals surface area contributed by atoms with Gasteiger partial charge in [0.1, 0.15) is 0 Å². The monoisotopic (exact) mass is 357 g/mol. The minimum absolute atomic E-state index is 0.0820. The Hall–Kier alpha value is 0.610. The summed E-state index contributed by atoms with van der Waals surface area (Å²) < 4.78 is 12.3. The Morgan fingerprint density at radius 2 is 1.88 bits per heavy atom. The Labute approximate surface area is 120 Å². The van der Waals surface area contributed by atoms with Crippen molar-refractivity contribution in [3.63, 3.8) is 0 Å².